The average molecular weight is 263 g/mol. The predicted octanol–water partition coefficient (Wildman–Crippen LogP) is 0.0827. The first-order valence-electron chi connectivity index (χ1n) is 6.50. The second kappa shape index (κ2) is 7.31. The number of rotatable bonds is 7. The maximum Gasteiger partial charge on any atom is 0.214 e. The number of hydrogen-bond donors (Lipinski definition) is 1. The van der Waals surface area contributed by atoms with Crippen molar-refractivity contribution in [2.45, 2.75) is 26.2 Å². The van der Waals surface area contributed by atoms with Gasteiger partial charge in [-0.1, -0.05) is 6.92 Å². The van der Waals surface area contributed by atoms with Gasteiger partial charge in [-0.05, 0) is 32.4 Å². The fourth-order valence-electron chi connectivity index (χ4n) is 2.10. The molecule has 102 valence electrons. The van der Waals surface area contributed by atoms with Crippen LogP contribution in [0.2, 0.25) is 0 Å². The molecule has 17 heavy (non-hydrogen) atoms. The van der Waals surface area contributed by atoms with E-state index in [0.717, 1.165) is 39.0 Å². The molecule has 6 heteroatoms. The lowest BCUT2D eigenvalue weighted by Gasteiger charge is -2.33. The monoisotopic (exact) mass is 263 g/mol. The van der Waals surface area contributed by atoms with Gasteiger partial charge in [0.2, 0.25) is 10.0 Å². The number of hydrogen-bond acceptors (Lipinski definition) is 4. The van der Waals surface area contributed by atoms with Crippen molar-refractivity contribution in [2.24, 2.45) is 5.73 Å². The van der Waals surface area contributed by atoms with E-state index < -0.39 is 10.0 Å². The van der Waals surface area contributed by atoms with E-state index in [1.165, 1.54) is 0 Å². The van der Waals surface area contributed by atoms with E-state index in [-0.39, 0.29) is 5.75 Å². The molecule has 0 bridgehead atoms. The average Bonchev–Trinajstić information content (AvgIpc) is 2.30. The quantitative estimate of drug-likeness (QED) is 0.661. The van der Waals surface area contributed by atoms with Crippen LogP contribution in [-0.4, -0.2) is 62.6 Å². The number of nitrogens with zero attached hydrogens (tertiary/aromatic N) is 2. The Labute approximate surface area is 105 Å². The Kier molecular flexibility index (Phi) is 6.40. The van der Waals surface area contributed by atoms with Crippen molar-refractivity contribution in [1.82, 2.24) is 9.21 Å². The van der Waals surface area contributed by atoms with Crippen molar-refractivity contribution in [3.8, 4) is 0 Å². The van der Waals surface area contributed by atoms with Crippen LogP contribution in [0.3, 0.4) is 0 Å². The maximum absolute atomic E-state index is 11.8. The minimum atomic E-state index is -3.00. The largest absolute Gasteiger partial charge is 0.330 e. The fraction of sp³-hybridized carbons (Fsp3) is 1.00. The molecular formula is C11H25N3O2S. The summed E-state index contributed by atoms with van der Waals surface area (Å²) in [6.45, 7) is 6.68. The Morgan fingerprint density at radius 2 is 1.76 bits per heavy atom. The molecule has 1 heterocycles. The van der Waals surface area contributed by atoms with Gasteiger partial charge >= 0.3 is 0 Å². The molecule has 0 aromatic rings. The van der Waals surface area contributed by atoms with E-state index >= 15 is 0 Å². The summed E-state index contributed by atoms with van der Waals surface area (Å²) in [7, 11) is -3.00. The van der Waals surface area contributed by atoms with Gasteiger partial charge in [0.15, 0.2) is 0 Å². The third kappa shape index (κ3) is 4.91. The van der Waals surface area contributed by atoms with Crippen molar-refractivity contribution in [3.05, 3.63) is 0 Å². The summed E-state index contributed by atoms with van der Waals surface area (Å²) in [4.78, 5) is 2.33. The predicted molar refractivity (Wildman–Crippen MR) is 70.4 cm³/mol. The number of nitrogens with two attached hydrogens (primary N) is 1. The Bertz CT molecular complexity index is 298. The number of sulfonamides is 1. The van der Waals surface area contributed by atoms with Crippen LogP contribution in [0.25, 0.3) is 0 Å². The van der Waals surface area contributed by atoms with Crippen LogP contribution in [0.1, 0.15) is 26.2 Å². The summed E-state index contributed by atoms with van der Waals surface area (Å²) < 4.78 is 25.3. The summed E-state index contributed by atoms with van der Waals surface area (Å²) in [6.07, 6.45) is 2.85. The molecule has 1 aliphatic rings. The van der Waals surface area contributed by atoms with Gasteiger partial charge in [-0.2, -0.15) is 4.31 Å². The fourth-order valence-corrected chi connectivity index (χ4v) is 3.59. The van der Waals surface area contributed by atoms with Crippen LogP contribution in [0.15, 0.2) is 0 Å². The van der Waals surface area contributed by atoms with E-state index in [4.69, 9.17) is 5.73 Å². The van der Waals surface area contributed by atoms with Crippen LogP contribution in [0.4, 0.5) is 0 Å². The topological polar surface area (TPSA) is 66.6 Å². The minimum absolute atomic E-state index is 0.278. The van der Waals surface area contributed by atoms with Crippen molar-refractivity contribution >= 4 is 10.0 Å². The standard InChI is InChI=1S/C11H25N3O2S/c1-2-11-17(15,16)14-9-7-13(8-10-14)6-4-3-5-12/h2-12H2,1H3. The number of piperazine rings is 1. The van der Waals surface area contributed by atoms with Gasteiger partial charge in [0, 0.05) is 26.2 Å². The Morgan fingerprint density at radius 1 is 1.12 bits per heavy atom. The summed E-state index contributed by atoms with van der Waals surface area (Å²) in [5.41, 5.74) is 5.45. The molecule has 0 atom stereocenters. The molecule has 0 radical (unpaired) electrons. The molecule has 5 nitrogen and oxygen atoms in total. The highest BCUT2D eigenvalue weighted by molar-refractivity contribution is 7.89. The smallest absolute Gasteiger partial charge is 0.214 e. The van der Waals surface area contributed by atoms with Gasteiger partial charge in [0.25, 0.3) is 0 Å². The molecule has 0 aliphatic carbocycles. The summed E-state index contributed by atoms with van der Waals surface area (Å²) in [5.74, 6) is 0.278. The van der Waals surface area contributed by atoms with E-state index in [1.54, 1.807) is 4.31 Å². The first-order valence-corrected chi connectivity index (χ1v) is 8.11. The van der Waals surface area contributed by atoms with Gasteiger partial charge in [0.05, 0.1) is 5.75 Å². The summed E-state index contributed by atoms with van der Waals surface area (Å²) in [6, 6.07) is 0. The normalized spacial score (nSPS) is 19.6. The van der Waals surface area contributed by atoms with Gasteiger partial charge in [-0.15, -0.1) is 0 Å². The van der Waals surface area contributed by atoms with Gasteiger partial charge in [0.1, 0.15) is 0 Å². The van der Waals surface area contributed by atoms with E-state index in [1.807, 2.05) is 6.92 Å². The third-order valence-corrected chi connectivity index (χ3v) is 5.19. The van der Waals surface area contributed by atoms with Crippen LogP contribution in [0, 0.1) is 0 Å². The maximum atomic E-state index is 11.8. The number of unbranched alkanes of at least 4 members (excludes halogenated alkanes) is 1. The lowest BCUT2D eigenvalue weighted by Crippen LogP contribution is -2.49. The molecule has 0 aromatic heterocycles. The first-order chi connectivity index (χ1) is 8.10. The molecule has 1 fully saturated rings. The van der Waals surface area contributed by atoms with Crippen molar-refractivity contribution < 1.29 is 8.42 Å². The molecule has 1 rings (SSSR count). The first kappa shape index (κ1) is 14.9. The van der Waals surface area contributed by atoms with Crippen LogP contribution < -0.4 is 5.73 Å². The highest BCUT2D eigenvalue weighted by atomic mass is 32.2. The Morgan fingerprint density at radius 3 is 2.29 bits per heavy atom. The molecule has 1 saturated heterocycles. The Balaban J connectivity index is 2.30. The molecule has 0 unspecified atom stereocenters. The highest BCUT2D eigenvalue weighted by Gasteiger charge is 2.25. The van der Waals surface area contributed by atoms with E-state index in [2.05, 4.69) is 4.90 Å². The van der Waals surface area contributed by atoms with E-state index in [9.17, 15) is 8.42 Å². The molecule has 2 N–H and O–H groups in total. The molecular weight excluding hydrogens is 238 g/mol. The molecule has 1 aliphatic heterocycles. The third-order valence-electron chi connectivity index (χ3n) is 3.12. The molecule has 0 amide bonds. The molecule has 0 spiro atoms. The SMILES string of the molecule is CCCS(=O)(=O)N1CCN(CCCCN)CC1. The van der Waals surface area contributed by atoms with Crippen LogP contribution >= 0.6 is 0 Å². The lowest BCUT2D eigenvalue weighted by molar-refractivity contribution is 0.186. The summed E-state index contributed by atoms with van der Waals surface area (Å²) >= 11 is 0. The summed E-state index contributed by atoms with van der Waals surface area (Å²) in [5, 5.41) is 0. The molecule has 0 aromatic carbocycles. The molecule has 0 saturated carbocycles. The minimum Gasteiger partial charge on any atom is -0.330 e. The van der Waals surface area contributed by atoms with Gasteiger partial charge < -0.3 is 10.6 Å². The second-order valence-corrected chi connectivity index (χ2v) is 6.64. The van der Waals surface area contributed by atoms with Crippen LogP contribution in [0.5, 0.6) is 0 Å². The van der Waals surface area contributed by atoms with Gasteiger partial charge in [-0.25, -0.2) is 8.42 Å². The zero-order valence-corrected chi connectivity index (χ0v) is 11.6. The Hall–Kier alpha value is -0.170. The zero-order valence-electron chi connectivity index (χ0n) is 10.8. The highest BCUT2D eigenvalue weighted by Crippen LogP contribution is 2.09. The van der Waals surface area contributed by atoms with Crippen molar-refractivity contribution in [2.75, 3.05) is 45.0 Å². The van der Waals surface area contributed by atoms with Crippen molar-refractivity contribution in [1.29, 1.82) is 0 Å². The van der Waals surface area contributed by atoms with Crippen LogP contribution in [-0.2, 0) is 10.0 Å². The van der Waals surface area contributed by atoms with Crippen molar-refractivity contribution in [3.63, 3.8) is 0 Å². The van der Waals surface area contributed by atoms with Gasteiger partial charge in [-0.3, -0.25) is 0 Å². The lowest BCUT2D eigenvalue weighted by atomic mass is 10.2. The van der Waals surface area contributed by atoms with E-state index in [0.29, 0.717) is 19.5 Å². The zero-order chi connectivity index (χ0) is 12.7. The second-order valence-electron chi connectivity index (χ2n) is 4.55.